The lowest BCUT2D eigenvalue weighted by molar-refractivity contribution is 0.0785. The first kappa shape index (κ1) is 15.2. The van der Waals surface area contributed by atoms with Gasteiger partial charge in [-0.05, 0) is 48.9 Å². The van der Waals surface area contributed by atoms with Crippen LogP contribution in [0.1, 0.15) is 22.8 Å². The predicted molar refractivity (Wildman–Crippen MR) is 86.0 cm³/mol. The normalized spacial score (nSPS) is 12.1. The van der Waals surface area contributed by atoms with E-state index >= 15 is 0 Å². The molecule has 120 valence electrons. The number of hydrogen-bond donors (Lipinski definition) is 0. The first-order valence-corrected chi connectivity index (χ1v) is 7.54. The average Bonchev–Trinajstić information content (AvgIpc) is 3.03. The van der Waals surface area contributed by atoms with Crippen molar-refractivity contribution in [3.63, 3.8) is 0 Å². The number of nitrogens with zero attached hydrogens (tertiary/aromatic N) is 1. The summed E-state index contributed by atoms with van der Waals surface area (Å²) in [5.41, 5.74) is 1.63. The van der Waals surface area contributed by atoms with E-state index in [1.807, 2.05) is 37.3 Å². The van der Waals surface area contributed by atoms with Gasteiger partial charge in [-0.15, -0.1) is 0 Å². The highest BCUT2D eigenvalue weighted by atomic mass is 16.7. The summed E-state index contributed by atoms with van der Waals surface area (Å²) in [5, 5.41) is 0. The van der Waals surface area contributed by atoms with Crippen LogP contribution in [0, 0.1) is 0 Å². The Morgan fingerprint density at radius 1 is 1.13 bits per heavy atom. The zero-order valence-corrected chi connectivity index (χ0v) is 13.2. The summed E-state index contributed by atoms with van der Waals surface area (Å²) in [6, 6.07) is 12.9. The van der Waals surface area contributed by atoms with E-state index in [9.17, 15) is 4.79 Å². The first-order chi connectivity index (χ1) is 11.2. The summed E-state index contributed by atoms with van der Waals surface area (Å²) < 4.78 is 16.0. The van der Waals surface area contributed by atoms with Gasteiger partial charge >= 0.3 is 0 Å². The maximum atomic E-state index is 12.5. The minimum atomic E-state index is -0.0364. The first-order valence-electron chi connectivity index (χ1n) is 7.54. The second kappa shape index (κ2) is 6.60. The SMILES string of the molecule is CCOc1ccc(C(=O)N(C)Cc2ccc3c(c2)OCO3)cc1. The number of hydrogen-bond acceptors (Lipinski definition) is 4. The number of carbonyl (C=O) groups is 1. The average molecular weight is 313 g/mol. The van der Waals surface area contributed by atoms with Gasteiger partial charge < -0.3 is 19.1 Å². The Labute approximate surface area is 135 Å². The van der Waals surface area contributed by atoms with E-state index in [0.29, 0.717) is 18.7 Å². The number of amides is 1. The van der Waals surface area contributed by atoms with E-state index in [1.165, 1.54) is 0 Å². The maximum absolute atomic E-state index is 12.5. The van der Waals surface area contributed by atoms with E-state index < -0.39 is 0 Å². The molecule has 2 aromatic carbocycles. The molecular weight excluding hydrogens is 294 g/mol. The largest absolute Gasteiger partial charge is 0.494 e. The molecule has 2 aromatic rings. The molecular formula is C18H19NO4. The summed E-state index contributed by atoms with van der Waals surface area (Å²) in [6.45, 7) is 3.29. The van der Waals surface area contributed by atoms with Gasteiger partial charge in [-0.3, -0.25) is 4.79 Å². The molecule has 5 nitrogen and oxygen atoms in total. The molecule has 1 aliphatic heterocycles. The lowest BCUT2D eigenvalue weighted by Crippen LogP contribution is -2.26. The summed E-state index contributed by atoms with van der Waals surface area (Å²) in [6.07, 6.45) is 0. The zero-order chi connectivity index (χ0) is 16.2. The van der Waals surface area contributed by atoms with E-state index in [0.717, 1.165) is 22.8 Å². The van der Waals surface area contributed by atoms with Crippen molar-refractivity contribution in [3.05, 3.63) is 53.6 Å². The van der Waals surface area contributed by atoms with Gasteiger partial charge in [0.25, 0.3) is 5.91 Å². The smallest absolute Gasteiger partial charge is 0.253 e. The van der Waals surface area contributed by atoms with Crippen LogP contribution in [-0.2, 0) is 6.54 Å². The number of carbonyl (C=O) groups excluding carboxylic acids is 1. The molecule has 0 fully saturated rings. The van der Waals surface area contributed by atoms with Gasteiger partial charge in [0.05, 0.1) is 6.61 Å². The third kappa shape index (κ3) is 3.39. The van der Waals surface area contributed by atoms with Crippen LogP contribution in [-0.4, -0.2) is 31.3 Å². The minimum Gasteiger partial charge on any atom is -0.494 e. The Morgan fingerprint density at radius 2 is 1.87 bits per heavy atom. The maximum Gasteiger partial charge on any atom is 0.253 e. The lowest BCUT2D eigenvalue weighted by Gasteiger charge is -2.18. The molecule has 0 spiro atoms. The molecule has 0 bridgehead atoms. The molecule has 3 rings (SSSR count). The number of fused-ring (bicyclic) bond motifs is 1. The van der Waals surface area contributed by atoms with Crippen LogP contribution in [0.15, 0.2) is 42.5 Å². The third-order valence-electron chi connectivity index (χ3n) is 3.62. The van der Waals surface area contributed by atoms with Gasteiger partial charge in [0, 0.05) is 19.2 Å². The summed E-state index contributed by atoms with van der Waals surface area (Å²) in [4.78, 5) is 14.2. The van der Waals surface area contributed by atoms with Crippen molar-refractivity contribution in [2.45, 2.75) is 13.5 Å². The van der Waals surface area contributed by atoms with E-state index in [-0.39, 0.29) is 12.7 Å². The van der Waals surface area contributed by atoms with Crippen molar-refractivity contribution in [1.29, 1.82) is 0 Å². The van der Waals surface area contributed by atoms with Crippen molar-refractivity contribution in [2.75, 3.05) is 20.4 Å². The number of rotatable bonds is 5. The van der Waals surface area contributed by atoms with Crippen molar-refractivity contribution in [1.82, 2.24) is 4.90 Å². The predicted octanol–water partition coefficient (Wildman–Crippen LogP) is 3.09. The highest BCUT2D eigenvalue weighted by Crippen LogP contribution is 2.32. The Hall–Kier alpha value is -2.69. The fourth-order valence-corrected chi connectivity index (χ4v) is 2.47. The van der Waals surface area contributed by atoms with Crippen molar-refractivity contribution in [3.8, 4) is 17.2 Å². The number of benzene rings is 2. The van der Waals surface area contributed by atoms with Crippen LogP contribution in [0.3, 0.4) is 0 Å². The Kier molecular flexibility index (Phi) is 4.37. The monoisotopic (exact) mass is 313 g/mol. The van der Waals surface area contributed by atoms with Crippen molar-refractivity contribution in [2.24, 2.45) is 0 Å². The quantitative estimate of drug-likeness (QED) is 0.851. The van der Waals surface area contributed by atoms with E-state index in [1.54, 1.807) is 24.1 Å². The van der Waals surface area contributed by atoms with Gasteiger partial charge in [-0.2, -0.15) is 0 Å². The molecule has 0 N–H and O–H groups in total. The van der Waals surface area contributed by atoms with Gasteiger partial charge in [0.2, 0.25) is 6.79 Å². The Morgan fingerprint density at radius 3 is 2.61 bits per heavy atom. The van der Waals surface area contributed by atoms with Crippen LogP contribution >= 0.6 is 0 Å². The molecule has 23 heavy (non-hydrogen) atoms. The summed E-state index contributed by atoms with van der Waals surface area (Å²) >= 11 is 0. The van der Waals surface area contributed by atoms with Crippen LogP contribution in [0.5, 0.6) is 17.2 Å². The lowest BCUT2D eigenvalue weighted by atomic mass is 10.1. The Balaban J connectivity index is 1.67. The fourth-order valence-electron chi connectivity index (χ4n) is 2.47. The van der Waals surface area contributed by atoms with Gasteiger partial charge in [0.15, 0.2) is 11.5 Å². The van der Waals surface area contributed by atoms with E-state index in [4.69, 9.17) is 14.2 Å². The van der Waals surface area contributed by atoms with Crippen LogP contribution in [0.25, 0.3) is 0 Å². The molecule has 1 aliphatic rings. The van der Waals surface area contributed by atoms with Crippen molar-refractivity contribution < 1.29 is 19.0 Å². The van der Waals surface area contributed by atoms with Crippen LogP contribution in [0.2, 0.25) is 0 Å². The molecule has 0 aromatic heterocycles. The van der Waals surface area contributed by atoms with Crippen LogP contribution < -0.4 is 14.2 Å². The molecule has 0 aliphatic carbocycles. The molecule has 1 heterocycles. The summed E-state index contributed by atoms with van der Waals surface area (Å²) in [7, 11) is 1.78. The molecule has 0 atom stereocenters. The van der Waals surface area contributed by atoms with Crippen molar-refractivity contribution >= 4 is 5.91 Å². The second-order valence-corrected chi connectivity index (χ2v) is 5.31. The standard InChI is InChI=1S/C18H19NO4/c1-3-21-15-7-5-14(6-8-15)18(20)19(2)11-13-4-9-16-17(10-13)23-12-22-16/h4-10H,3,11-12H2,1-2H3. The highest BCUT2D eigenvalue weighted by molar-refractivity contribution is 5.94. The third-order valence-corrected chi connectivity index (χ3v) is 3.62. The molecule has 1 amide bonds. The molecule has 5 heteroatoms. The topological polar surface area (TPSA) is 48.0 Å². The van der Waals surface area contributed by atoms with Gasteiger partial charge in [-0.1, -0.05) is 6.07 Å². The van der Waals surface area contributed by atoms with E-state index in [2.05, 4.69) is 0 Å². The van der Waals surface area contributed by atoms with Crippen LogP contribution in [0.4, 0.5) is 0 Å². The minimum absolute atomic E-state index is 0.0364. The zero-order valence-electron chi connectivity index (χ0n) is 13.2. The summed E-state index contributed by atoms with van der Waals surface area (Å²) in [5.74, 6) is 2.20. The van der Waals surface area contributed by atoms with Gasteiger partial charge in [-0.25, -0.2) is 0 Å². The molecule has 0 unspecified atom stereocenters. The fraction of sp³-hybridized carbons (Fsp3) is 0.278. The second-order valence-electron chi connectivity index (χ2n) is 5.31. The van der Waals surface area contributed by atoms with Gasteiger partial charge in [0.1, 0.15) is 5.75 Å². The number of ether oxygens (including phenoxy) is 3. The molecule has 0 saturated heterocycles. The molecule has 0 saturated carbocycles. The highest BCUT2D eigenvalue weighted by Gasteiger charge is 2.16. The Bertz CT molecular complexity index is 697. The molecule has 0 radical (unpaired) electrons.